The third-order valence-corrected chi connectivity index (χ3v) is 3.68. The van der Waals surface area contributed by atoms with Gasteiger partial charge in [-0.1, -0.05) is 48.6 Å². The van der Waals surface area contributed by atoms with E-state index >= 15 is 0 Å². The Morgan fingerprint density at radius 1 is 1.00 bits per heavy atom. The summed E-state index contributed by atoms with van der Waals surface area (Å²) in [5, 5.41) is 10.4. The number of aryl methyl sites for hydroxylation is 2. The van der Waals surface area contributed by atoms with E-state index in [1.165, 1.54) is 43.2 Å². The minimum Gasteiger partial charge on any atom is -0.388 e. The molecular weight excluding hydrogens is 196 g/mol. The fourth-order valence-corrected chi connectivity index (χ4v) is 2.90. The highest BCUT2D eigenvalue weighted by Crippen LogP contribution is 2.34. The summed E-state index contributed by atoms with van der Waals surface area (Å²) in [6.07, 6.45) is 6.04. The van der Waals surface area contributed by atoms with Gasteiger partial charge in [-0.3, -0.25) is 0 Å². The predicted octanol–water partition coefficient (Wildman–Crippen LogP) is 3.92. The number of aliphatic hydroxyl groups excluding tert-OH is 1. The first-order chi connectivity index (χ1) is 7.66. The SMILES string of the molecule is Cc1cc(C)cc([C@@H](O)C2CCCCC2)c1. The van der Waals surface area contributed by atoms with Gasteiger partial charge in [-0.25, -0.2) is 0 Å². The van der Waals surface area contributed by atoms with Crippen LogP contribution >= 0.6 is 0 Å². The Hall–Kier alpha value is -0.820. The molecule has 1 aliphatic rings. The van der Waals surface area contributed by atoms with E-state index < -0.39 is 0 Å². The van der Waals surface area contributed by atoms with Crippen molar-refractivity contribution < 1.29 is 5.11 Å². The Labute approximate surface area is 98.5 Å². The molecule has 1 heteroatoms. The van der Waals surface area contributed by atoms with Gasteiger partial charge in [0, 0.05) is 0 Å². The first-order valence-corrected chi connectivity index (χ1v) is 6.43. The van der Waals surface area contributed by atoms with Crippen LogP contribution in [0.15, 0.2) is 18.2 Å². The molecule has 0 radical (unpaired) electrons. The van der Waals surface area contributed by atoms with Gasteiger partial charge in [0.2, 0.25) is 0 Å². The molecule has 0 heterocycles. The van der Waals surface area contributed by atoms with Crippen molar-refractivity contribution in [3.05, 3.63) is 34.9 Å². The first kappa shape index (κ1) is 11.7. The maximum Gasteiger partial charge on any atom is 0.0818 e. The molecule has 0 unspecified atom stereocenters. The number of rotatable bonds is 2. The Kier molecular flexibility index (Phi) is 3.65. The van der Waals surface area contributed by atoms with Crippen molar-refractivity contribution in [1.29, 1.82) is 0 Å². The van der Waals surface area contributed by atoms with Gasteiger partial charge in [0.1, 0.15) is 0 Å². The van der Waals surface area contributed by atoms with Gasteiger partial charge >= 0.3 is 0 Å². The molecule has 1 aliphatic carbocycles. The topological polar surface area (TPSA) is 20.2 Å². The van der Waals surface area contributed by atoms with Gasteiger partial charge in [-0.05, 0) is 38.2 Å². The van der Waals surface area contributed by atoms with Crippen LogP contribution in [0.3, 0.4) is 0 Å². The van der Waals surface area contributed by atoms with E-state index in [4.69, 9.17) is 0 Å². The summed E-state index contributed by atoms with van der Waals surface area (Å²) in [4.78, 5) is 0. The maximum atomic E-state index is 10.4. The van der Waals surface area contributed by atoms with E-state index in [-0.39, 0.29) is 6.10 Å². The largest absolute Gasteiger partial charge is 0.388 e. The van der Waals surface area contributed by atoms with E-state index in [1.807, 2.05) is 0 Å². The zero-order valence-electron chi connectivity index (χ0n) is 10.4. The molecule has 1 nitrogen and oxygen atoms in total. The summed E-state index contributed by atoms with van der Waals surface area (Å²) < 4.78 is 0. The monoisotopic (exact) mass is 218 g/mol. The highest BCUT2D eigenvalue weighted by atomic mass is 16.3. The number of hydrogen-bond donors (Lipinski definition) is 1. The van der Waals surface area contributed by atoms with Gasteiger partial charge in [0.15, 0.2) is 0 Å². The summed E-state index contributed by atoms with van der Waals surface area (Å²) in [5.41, 5.74) is 3.62. The fourth-order valence-electron chi connectivity index (χ4n) is 2.90. The summed E-state index contributed by atoms with van der Waals surface area (Å²) in [7, 11) is 0. The van der Waals surface area contributed by atoms with E-state index in [0.29, 0.717) is 5.92 Å². The quantitative estimate of drug-likeness (QED) is 0.797. The predicted molar refractivity (Wildman–Crippen MR) is 67.5 cm³/mol. The van der Waals surface area contributed by atoms with E-state index in [0.717, 1.165) is 5.56 Å². The van der Waals surface area contributed by atoms with Crippen molar-refractivity contribution in [2.45, 2.75) is 52.1 Å². The molecule has 1 N–H and O–H groups in total. The third-order valence-electron chi connectivity index (χ3n) is 3.68. The lowest BCUT2D eigenvalue weighted by Gasteiger charge is -2.27. The minimum atomic E-state index is -0.251. The van der Waals surface area contributed by atoms with Crippen LogP contribution in [-0.2, 0) is 0 Å². The van der Waals surface area contributed by atoms with Gasteiger partial charge in [0.25, 0.3) is 0 Å². The van der Waals surface area contributed by atoms with Crippen LogP contribution in [0.25, 0.3) is 0 Å². The lowest BCUT2D eigenvalue weighted by molar-refractivity contribution is 0.0847. The molecule has 0 bridgehead atoms. The van der Waals surface area contributed by atoms with E-state index in [1.54, 1.807) is 0 Å². The second-order valence-electron chi connectivity index (χ2n) is 5.26. The van der Waals surface area contributed by atoms with Gasteiger partial charge in [0.05, 0.1) is 6.10 Å². The molecule has 16 heavy (non-hydrogen) atoms. The molecule has 0 saturated heterocycles. The van der Waals surface area contributed by atoms with Crippen molar-refractivity contribution in [2.75, 3.05) is 0 Å². The van der Waals surface area contributed by atoms with E-state index in [9.17, 15) is 5.11 Å². The molecule has 1 fully saturated rings. The Balaban J connectivity index is 2.15. The first-order valence-electron chi connectivity index (χ1n) is 6.43. The van der Waals surface area contributed by atoms with Crippen LogP contribution in [0.1, 0.15) is 54.9 Å². The zero-order chi connectivity index (χ0) is 11.5. The molecule has 1 aromatic rings. The van der Waals surface area contributed by atoms with Crippen LogP contribution in [0, 0.1) is 19.8 Å². The second-order valence-corrected chi connectivity index (χ2v) is 5.26. The van der Waals surface area contributed by atoms with Gasteiger partial charge in [-0.2, -0.15) is 0 Å². The fraction of sp³-hybridized carbons (Fsp3) is 0.600. The molecule has 1 atom stereocenters. The van der Waals surface area contributed by atoms with Gasteiger partial charge in [-0.15, -0.1) is 0 Å². The molecule has 1 saturated carbocycles. The third kappa shape index (κ3) is 2.65. The molecule has 0 spiro atoms. The highest BCUT2D eigenvalue weighted by Gasteiger charge is 2.23. The van der Waals surface area contributed by atoms with Crippen LogP contribution in [0.5, 0.6) is 0 Å². The van der Waals surface area contributed by atoms with Crippen LogP contribution in [0.2, 0.25) is 0 Å². The summed E-state index contributed by atoms with van der Waals surface area (Å²) in [6.45, 7) is 4.20. The lowest BCUT2D eigenvalue weighted by atomic mass is 9.82. The lowest BCUT2D eigenvalue weighted by Crippen LogP contribution is -2.16. The van der Waals surface area contributed by atoms with Gasteiger partial charge < -0.3 is 5.11 Å². The average molecular weight is 218 g/mol. The smallest absolute Gasteiger partial charge is 0.0818 e. The summed E-state index contributed by atoms with van der Waals surface area (Å²) in [5.74, 6) is 0.481. The van der Waals surface area contributed by atoms with Crippen molar-refractivity contribution in [1.82, 2.24) is 0 Å². The number of aliphatic hydroxyl groups is 1. The Morgan fingerprint density at radius 2 is 1.56 bits per heavy atom. The molecule has 2 rings (SSSR count). The van der Waals surface area contributed by atoms with E-state index in [2.05, 4.69) is 32.0 Å². The van der Waals surface area contributed by atoms with Crippen molar-refractivity contribution >= 4 is 0 Å². The molecule has 88 valence electrons. The summed E-state index contributed by atoms with van der Waals surface area (Å²) >= 11 is 0. The maximum absolute atomic E-state index is 10.4. The minimum absolute atomic E-state index is 0.251. The standard InChI is InChI=1S/C15H22O/c1-11-8-12(2)10-14(9-11)15(16)13-6-4-3-5-7-13/h8-10,13,15-16H,3-7H2,1-2H3/t15-/m0/s1. The molecule has 0 aliphatic heterocycles. The normalized spacial score (nSPS) is 19.7. The molecule has 0 aromatic heterocycles. The molecular formula is C15H22O. The second kappa shape index (κ2) is 5.01. The zero-order valence-corrected chi connectivity index (χ0v) is 10.4. The molecule has 1 aromatic carbocycles. The van der Waals surface area contributed by atoms with Crippen molar-refractivity contribution in [3.63, 3.8) is 0 Å². The van der Waals surface area contributed by atoms with Crippen molar-refractivity contribution in [3.8, 4) is 0 Å². The Morgan fingerprint density at radius 3 is 2.12 bits per heavy atom. The summed E-state index contributed by atoms with van der Waals surface area (Å²) in [6, 6.07) is 6.43. The number of hydrogen-bond acceptors (Lipinski definition) is 1. The Bertz CT molecular complexity index is 330. The average Bonchev–Trinajstić information content (AvgIpc) is 2.28. The number of benzene rings is 1. The van der Waals surface area contributed by atoms with Crippen LogP contribution < -0.4 is 0 Å². The highest BCUT2D eigenvalue weighted by molar-refractivity contribution is 5.30. The van der Waals surface area contributed by atoms with Crippen LogP contribution in [-0.4, -0.2) is 5.11 Å². The van der Waals surface area contributed by atoms with Crippen molar-refractivity contribution in [2.24, 2.45) is 5.92 Å². The van der Waals surface area contributed by atoms with Crippen LogP contribution in [0.4, 0.5) is 0 Å². The molecule has 0 amide bonds.